The van der Waals surface area contributed by atoms with Crippen LogP contribution in [0.5, 0.6) is 0 Å². The Balaban J connectivity index is 4.17. The second kappa shape index (κ2) is 10.8. The summed E-state index contributed by atoms with van der Waals surface area (Å²) < 4.78 is 0. The van der Waals surface area contributed by atoms with E-state index < -0.39 is 0 Å². The minimum absolute atomic E-state index is 0.769. The highest BCUT2D eigenvalue weighted by Gasteiger charge is 2.01. The topological polar surface area (TPSA) is 0 Å². The largest absolute Gasteiger partial charge is 0.107 e. The van der Waals surface area contributed by atoms with Crippen LogP contribution in [0.3, 0.4) is 0 Å². The Bertz CT molecular complexity index is 316. The van der Waals surface area contributed by atoms with E-state index in [0.29, 0.717) is 0 Å². The van der Waals surface area contributed by atoms with Crippen molar-refractivity contribution in [2.24, 2.45) is 0 Å². The molecule has 0 aliphatic carbocycles. The minimum Gasteiger partial charge on any atom is -0.107 e. The van der Waals surface area contributed by atoms with E-state index in [1.807, 2.05) is 6.92 Å². The third-order valence-corrected chi connectivity index (χ3v) is 1.72. The van der Waals surface area contributed by atoms with Crippen LogP contribution in [0, 0.1) is 41.4 Å². The molecular weight excluding hydrogens is 180 g/mol. The van der Waals surface area contributed by atoms with Gasteiger partial charge in [-0.25, -0.2) is 0 Å². The molecule has 0 fully saturated rings. The second-order valence-electron chi connectivity index (χ2n) is 3.14. The van der Waals surface area contributed by atoms with Crippen LogP contribution in [0.1, 0.15) is 52.9 Å². The maximum atomic E-state index is 3.18. The van der Waals surface area contributed by atoms with Crippen molar-refractivity contribution in [1.29, 1.82) is 0 Å². The van der Waals surface area contributed by atoms with Crippen LogP contribution in [0.15, 0.2) is 0 Å². The molecule has 1 radical (unpaired) electrons. The molecular formula is C15H19. The summed E-state index contributed by atoms with van der Waals surface area (Å²) in [6.45, 7) is 6.05. The predicted octanol–water partition coefficient (Wildman–Crippen LogP) is 3.58. The summed E-state index contributed by atoms with van der Waals surface area (Å²) in [4.78, 5) is 0. The molecule has 79 valence electrons. The number of hydrogen-bond acceptors (Lipinski definition) is 0. The van der Waals surface area contributed by atoms with Crippen LogP contribution in [-0.2, 0) is 0 Å². The van der Waals surface area contributed by atoms with Gasteiger partial charge in [-0.2, -0.15) is 0 Å². The van der Waals surface area contributed by atoms with Gasteiger partial charge in [0.2, 0.25) is 0 Å². The van der Waals surface area contributed by atoms with Crippen LogP contribution >= 0.6 is 0 Å². The molecule has 0 N–H and O–H groups in total. The van der Waals surface area contributed by atoms with Gasteiger partial charge < -0.3 is 0 Å². The fourth-order valence-corrected chi connectivity index (χ4v) is 0.953. The van der Waals surface area contributed by atoms with Crippen LogP contribution in [-0.4, -0.2) is 0 Å². The number of unbranched alkanes of at least 4 members (excludes halogenated alkanes) is 1. The van der Waals surface area contributed by atoms with E-state index >= 15 is 0 Å². The first-order valence-corrected chi connectivity index (χ1v) is 5.54. The third-order valence-electron chi connectivity index (χ3n) is 1.72. The van der Waals surface area contributed by atoms with Crippen molar-refractivity contribution in [2.75, 3.05) is 0 Å². The molecule has 0 aromatic carbocycles. The Morgan fingerprint density at radius 1 is 0.933 bits per heavy atom. The summed E-state index contributed by atoms with van der Waals surface area (Å²) >= 11 is 0. The average Bonchev–Trinajstić information content (AvgIpc) is 2.25. The van der Waals surface area contributed by atoms with Crippen molar-refractivity contribution in [3.05, 3.63) is 5.92 Å². The van der Waals surface area contributed by atoms with Gasteiger partial charge >= 0.3 is 0 Å². The summed E-state index contributed by atoms with van der Waals surface area (Å²) in [5, 5.41) is 0. The van der Waals surface area contributed by atoms with Crippen molar-refractivity contribution < 1.29 is 0 Å². The summed E-state index contributed by atoms with van der Waals surface area (Å²) in [6, 6.07) is 0. The number of hydrogen-bond donors (Lipinski definition) is 0. The lowest BCUT2D eigenvalue weighted by Gasteiger charge is -1.99. The first-order valence-electron chi connectivity index (χ1n) is 5.54. The molecule has 0 aromatic rings. The quantitative estimate of drug-likeness (QED) is 0.609. The zero-order chi connectivity index (χ0) is 11.4. The van der Waals surface area contributed by atoms with Gasteiger partial charge in [0.05, 0.1) is 5.92 Å². The van der Waals surface area contributed by atoms with E-state index in [1.54, 1.807) is 0 Å². The summed E-state index contributed by atoms with van der Waals surface area (Å²) in [6.07, 6.45) is 4.53. The molecule has 0 aromatic heterocycles. The smallest absolute Gasteiger partial charge is 0.0715 e. The van der Waals surface area contributed by atoms with E-state index in [9.17, 15) is 0 Å². The molecule has 0 saturated carbocycles. The fourth-order valence-electron chi connectivity index (χ4n) is 0.953. The first-order chi connectivity index (χ1) is 7.35. The lowest BCUT2D eigenvalue weighted by atomic mass is 10.0. The second-order valence-corrected chi connectivity index (χ2v) is 3.14. The summed E-state index contributed by atoms with van der Waals surface area (Å²) in [5.41, 5.74) is 0. The van der Waals surface area contributed by atoms with Crippen molar-refractivity contribution in [3.8, 4) is 35.5 Å². The van der Waals surface area contributed by atoms with Gasteiger partial charge in [-0.1, -0.05) is 19.8 Å². The Labute approximate surface area is 94.8 Å². The zero-order valence-corrected chi connectivity index (χ0v) is 10.0. The average molecular weight is 199 g/mol. The van der Waals surface area contributed by atoms with Gasteiger partial charge in [0.1, 0.15) is 0 Å². The van der Waals surface area contributed by atoms with Gasteiger partial charge in [0.25, 0.3) is 0 Å². The van der Waals surface area contributed by atoms with Crippen molar-refractivity contribution >= 4 is 0 Å². The molecule has 15 heavy (non-hydrogen) atoms. The molecule has 0 spiro atoms. The molecule has 0 saturated heterocycles. The lowest BCUT2D eigenvalue weighted by Crippen LogP contribution is -1.91. The Morgan fingerprint density at radius 2 is 1.67 bits per heavy atom. The molecule has 0 unspecified atom stereocenters. The van der Waals surface area contributed by atoms with E-state index in [1.165, 1.54) is 0 Å². The summed E-state index contributed by atoms with van der Waals surface area (Å²) in [7, 11) is 0. The van der Waals surface area contributed by atoms with Crippen LogP contribution in [0.4, 0.5) is 0 Å². The summed E-state index contributed by atoms with van der Waals surface area (Å²) in [5.74, 6) is 19.6. The first kappa shape index (κ1) is 13.7. The van der Waals surface area contributed by atoms with Crippen molar-refractivity contribution in [1.82, 2.24) is 0 Å². The maximum Gasteiger partial charge on any atom is 0.0715 e. The molecule has 0 amide bonds. The van der Waals surface area contributed by atoms with Crippen LogP contribution in [0.2, 0.25) is 0 Å². The van der Waals surface area contributed by atoms with Crippen molar-refractivity contribution in [3.63, 3.8) is 0 Å². The molecule has 0 aliphatic heterocycles. The molecule has 0 bridgehead atoms. The van der Waals surface area contributed by atoms with E-state index in [-0.39, 0.29) is 0 Å². The molecule has 0 nitrogen and oxygen atoms in total. The molecule has 0 rings (SSSR count). The molecule has 0 heterocycles. The van der Waals surface area contributed by atoms with Crippen molar-refractivity contribution in [2.45, 2.75) is 52.9 Å². The lowest BCUT2D eigenvalue weighted by molar-refractivity contribution is 0.976. The zero-order valence-electron chi connectivity index (χ0n) is 10.0. The monoisotopic (exact) mass is 199 g/mol. The Kier molecular flexibility index (Phi) is 9.81. The molecule has 0 heteroatoms. The van der Waals surface area contributed by atoms with Gasteiger partial charge in [-0.3, -0.25) is 0 Å². The van der Waals surface area contributed by atoms with E-state index in [0.717, 1.165) is 38.0 Å². The maximum absolute atomic E-state index is 3.18. The molecule has 0 atom stereocenters. The van der Waals surface area contributed by atoms with E-state index in [2.05, 4.69) is 49.4 Å². The molecule has 0 aliphatic rings. The standard InChI is InChI=1S/C15H19/c1-4-7-10-13-15(12-9-6-3)14-11-8-5-2/h4-5,7,12,14H2,1-3H3. The van der Waals surface area contributed by atoms with E-state index in [4.69, 9.17) is 0 Å². The predicted molar refractivity (Wildman–Crippen MR) is 66.7 cm³/mol. The SMILES string of the molecule is CC#CC[C](C#CCCC)CC#CCC. The van der Waals surface area contributed by atoms with Gasteiger partial charge in [-0.05, 0) is 13.3 Å². The van der Waals surface area contributed by atoms with Crippen LogP contribution in [0.25, 0.3) is 0 Å². The highest BCUT2D eigenvalue weighted by Crippen LogP contribution is 2.08. The van der Waals surface area contributed by atoms with Crippen LogP contribution < -0.4 is 0 Å². The highest BCUT2D eigenvalue weighted by atomic mass is 14.0. The minimum atomic E-state index is 0.769. The Morgan fingerprint density at radius 3 is 2.27 bits per heavy atom. The third kappa shape index (κ3) is 9.00. The highest BCUT2D eigenvalue weighted by molar-refractivity contribution is 5.29. The normalized spacial score (nSPS) is 8.00. The van der Waals surface area contributed by atoms with Gasteiger partial charge in [0.15, 0.2) is 0 Å². The Hall–Kier alpha value is -1.32. The van der Waals surface area contributed by atoms with Gasteiger partial charge in [-0.15, -0.1) is 29.6 Å². The van der Waals surface area contributed by atoms with Gasteiger partial charge in [0, 0.05) is 25.7 Å². The number of rotatable bonds is 3. The fraction of sp³-hybridized carbons (Fsp3) is 0.533.